The highest BCUT2D eigenvalue weighted by Gasteiger charge is 2.32. The van der Waals surface area contributed by atoms with Crippen LogP contribution in [0.15, 0.2) is 58.3 Å². The maximum absolute atomic E-state index is 13.4. The number of carbonyl (C=O) groups is 10. The highest BCUT2D eigenvalue weighted by atomic mass is 32.2. The summed E-state index contributed by atoms with van der Waals surface area (Å²) in [5.74, 6) is -11.8. The normalized spacial score (nSPS) is 12.8. The summed E-state index contributed by atoms with van der Waals surface area (Å²) < 4.78 is 46.3. The standard InChI is InChI=1S/C34H43N9O18S2/c35-62(58,59)22-5-1-19(2-6-22)37-26(45)14-42(9-10-43(17-32(54)55)15-27(46)38-20-3-7-23(8-4-20)63(36,60)61)16-28(47)40-24(12-30(50)51)34(57)41-25(13-31(52)53)33(56)39-21(18-44)11-29(48)49/h1-8,18,21,24-25H,9-17H2,(H,37,45)(H,38,46)(H,39,56)(H,40,47)(H,41,57)(H,48,49)(H,50,51)(H,52,53)(H,54,55)(H2,35,58,59)(H2,36,60,61)/t21-,24-,25-/m0/s1. The van der Waals surface area contributed by atoms with Gasteiger partial charge in [-0.2, -0.15) is 0 Å². The first-order valence-electron chi connectivity index (χ1n) is 17.8. The Kier molecular flexibility index (Phi) is 19.8. The number of rotatable bonds is 27. The Hall–Kier alpha value is -6.92. The fraction of sp³-hybridized carbons (Fsp3) is 0.353. The monoisotopic (exact) mass is 929 g/mol. The van der Waals surface area contributed by atoms with Crippen molar-refractivity contribution in [3.05, 3.63) is 48.5 Å². The minimum absolute atomic E-state index is 0.0331. The van der Waals surface area contributed by atoms with E-state index in [1.165, 1.54) is 24.3 Å². The molecule has 2 aromatic carbocycles. The zero-order valence-corrected chi connectivity index (χ0v) is 34.3. The van der Waals surface area contributed by atoms with Crippen molar-refractivity contribution in [3.63, 3.8) is 0 Å². The molecule has 0 saturated carbocycles. The first kappa shape index (κ1) is 52.2. The molecule has 0 spiro atoms. The molecule has 344 valence electrons. The maximum Gasteiger partial charge on any atom is 0.317 e. The Labute approximate surface area is 357 Å². The van der Waals surface area contributed by atoms with Gasteiger partial charge in [-0.15, -0.1) is 0 Å². The van der Waals surface area contributed by atoms with E-state index in [1.807, 2.05) is 10.6 Å². The lowest BCUT2D eigenvalue weighted by Gasteiger charge is -2.27. The third-order valence-electron chi connectivity index (χ3n) is 8.05. The number of carboxylic acids is 4. The quantitative estimate of drug-likeness (QED) is 0.0375. The number of amides is 5. The van der Waals surface area contributed by atoms with Gasteiger partial charge in [0.25, 0.3) is 0 Å². The van der Waals surface area contributed by atoms with E-state index in [0.717, 1.165) is 34.1 Å². The van der Waals surface area contributed by atoms with E-state index >= 15 is 0 Å². The minimum atomic E-state index is -4.10. The largest absolute Gasteiger partial charge is 0.481 e. The van der Waals surface area contributed by atoms with Crippen LogP contribution in [0.25, 0.3) is 0 Å². The van der Waals surface area contributed by atoms with Gasteiger partial charge >= 0.3 is 23.9 Å². The third-order valence-corrected chi connectivity index (χ3v) is 9.91. The van der Waals surface area contributed by atoms with Crippen molar-refractivity contribution in [2.75, 3.05) is 49.9 Å². The molecule has 0 unspecified atom stereocenters. The number of anilines is 2. The molecule has 3 atom stereocenters. The van der Waals surface area contributed by atoms with E-state index < -0.39 is 137 Å². The lowest BCUT2D eigenvalue weighted by molar-refractivity contribution is -0.143. The van der Waals surface area contributed by atoms with Crippen molar-refractivity contribution in [1.29, 1.82) is 0 Å². The molecule has 0 aliphatic carbocycles. The van der Waals surface area contributed by atoms with Crippen LogP contribution in [0.2, 0.25) is 0 Å². The van der Waals surface area contributed by atoms with Crippen LogP contribution in [0.4, 0.5) is 11.4 Å². The molecular weight excluding hydrogens is 887 g/mol. The number of benzene rings is 2. The Morgan fingerprint density at radius 1 is 0.524 bits per heavy atom. The smallest absolute Gasteiger partial charge is 0.317 e. The second-order valence-corrected chi connectivity index (χ2v) is 16.4. The first-order chi connectivity index (χ1) is 29.2. The molecular formula is C34H43N9O18S2. The van der Waals surface area contributed by atoms with Crippen molar-refractivity contribution in [1.82, 2.24) is 25.8 Å². The predicted molar refractivity (Wildman–Crippen MR) is 212 cm³/mol. The van der Waals surface area contributed by atoms with Crippen LogP contribution in [0, 0.1) is 0 Å². The molecule has 29 heteroatoms. The van der Waals surface area contributed by atoms with Crippen LogP contribution in [-0.2, 0) is 68.0 Å². The molecule has 0 bridgehead atoms. The number of carboxylic acid groups (broad SMARTS) is 4. The summed E-state index contributed by atoms with van der Waals surface area (Å²) in [4.78, 5) is 124. The molecule has 0 aliphatic rings. The van der Waals surface area contributed by atoms with Crippen LogP contribution >= 0.6 is 0 Å². The van der Waals surface area contributed by atoms with E-state index in [2.05, 4.69) is 16.0 Å². The second-order valence-electron chi connectivity index (χ2n) is 13.3. The van der Waals surface area contributed by atoms with Crippen LogP contribution in [0.3, 0.4) is 0 Å². The molecule has 2 aromatic rings. The Bertz CT molecular complexity index is 2280. The fourth-order valence-electron chi connectivity index (χ4n) is 5.25. The molecule has 63 heavy (non-hydrogen) atoms. The number of nitrogens with two attached hydrogens (primary N) is 2. The third kappa shape index (κ3) is 20.0. The predicted octanol–water partition coefficient (Wildman–Crippen LogP) is -4.68. The van der Waals surface area contributed by atoms with Crippen LogP contribution in [0.5, 0.6) is 0 Å². The number of nitrogens with one attached hydrogen (secondary N) is 5. The van der Waals surface area contributed by atoms with E-state index in [1.54, 1.807) is 0 Å². The van der Waals surface area contributed by atoms with Crippen molar-refractivity contribution in [2.24, 2.45) is 10.3 Å². The molecule has 0 heterocycles. The molecule has 27 nitrogen and oxygen atoms in total. The summed E-state index contributed by atoms with van der Waals surface area (Å²) in [6.45, 7) is -3.67. The number of carbonyl (C=O) groups excluding carboxylic acids is 6. The summed E-state index contributed by atoms with van der Waals surface area (Å²) in [6, 6.07) is 3.46. The Morgan fingerprint density at radius 2 is 0.889 bits per heavy atom. The van der Waals surface area contributed by atoms with Gasteiger partial charge in [0, 0.05) is 24.5 Å². The first-order valence-corrected chi connectivity index (χ1v) is 20.9. The highest BCUT2D eigenvalue weighted by Crippen LogP contribution is 2.14. The fourth-order valence-corrected chi connectivity index (χ4v) is 6.28. The van der Waals surface area contributed by atoms with Crippen molar-refractivity contribution < 1.29 is 85.2 Å². The minimum Gasteiger partial charge on any atom is -0.481 e. The number of primary sulfonamides is 2. The van der Waals surface area contributed by atoms with Gasteiger partial charge in [0.05, 0.1) is 61.3 Å². The van der Waals surface area contributed by atoms with Crippen LogP contribution in [0.1, 0.15) is 19.3 Å². The summed E-state index contributed by atoms with van der Waals surface area (Å²) in [6.07, 6.45) is -3.18. The number of aliphatic carboxylic acids is 4. The molecule has 5 amide bonds. The lowest BCUT2D eigenvalue weighted by Crippen LogP contribution is -2.57. The summed E-state index contributed by atoms with van der Waals surface area (Å²) >= 11 is 0. The number of aldehydes is 1. The summed E-state index contributed by atoms with van der Waals surface area (Å²) in [5.41, 5.74) is 0.159. The van der Waals surface area contributed by atoms with Gasteiger partial charge in [-0.25, -0.2) is 27.1 Å². The van der Waals surface area contributed by atoms with Crippen molar-refractivity contribution >= 4 is 91.1 Å². The SMILES string of the molecule is NS(=O)(=O)c1ccc(NC(=O)CN(CCN(CC(=O)Nc2ccc(S(N)(=O)=O)cc2)CC(=O)N[C@@H](CC(=O)O)C(=O)N[C@@H](CC(=O)O)C(=O)N[C@H](C=O)CC(=O)O)CC(=O)O)cc1. The second kappa shape index (κ2) is 23.9. The lowest BCUT2D eigenvalue weighted by atomic mass is 10.1. The van der Waals surface area contributed by atoms with Crippen molar-refractivity contribution in [3.8, 4) is 0 Å². The van der Waals surface area contributed by atoms with Crippen molar-refractivity contribution in [2.45, 2.75) is 47.2 Å². The van der Waals surface area contributed by atoms with Crippen LogP contribution < -0.4 is 36.9 Å². The average molecular weight is 930 g/mol. The summed E-state index contributed by atoms with van der Waals surface area (Å²) in [7, 11) is -8.15. The zero-order chi connectivity index (χ0) is 47.7. The Balaban J connectivity index is 2.34. The molecule has 0 aliphatic heterocycles. The van der Waals surface area contributed by atoms with Gasteiger partial charge < -0.3 is 51.8 Å². The van der Waals surface area contributed by atoms with Gasteiger partial charge in [-0.3, -0.25) is 53.0 Å². The topological polar surface area (TPSA) is 439 Å². The average Bonchev–Trinajstić information content (AvgIpc) is 3.14. The number of hydrogen-bond acceptors (Lipinski definition) is 16. The zero-order valence-electron chi connectivity index (χ0n) is 32.7. The molecule has 0 saturated heterocycles. The molecule has 0 fully saturated rings. The van der Waals surface area contributed by atoms with Gasteiger partial charge in [-0.1, -0.05) is 0 Å². The van der Waals surface area contributed by atoms with Gasteiger partial charge in [-0.05, 0) is 48.5 Å². The number of sulfonamides is 2. The summed E-state index contributed by atoms with van der Waals surface area (Å²) in [5, 5.41) is 58.2. The van der Waals surface area contributed by atoms with Gasteiger partial charge in [0.2, 0.25) is 49.6 Å². The maximum atomic E-state index is 13.4. The molecule has 0 aromatic heterocycles. The van der Waals surface area contributed by atoms with Gasteiger partial charge in [0.15, 0.2) is 0 Å². The van der Waals surface area contributed by atoms with E-state index in [-0.39, 0.29) is 40.5 Å². The Morgan fingerprint density at radius 3 is 1.25 bits per heavy atom. The van der Waals surface area contributed by atoms with Crippen LogP contribution in [-0.4, -0.2) is 164 Å². The van der Waals surface area contributed by atoms with E-state index in [4.69, 9.17) is 15.4 Å². The van der Waals surface area contributed by atoms with E-state index in [0.29, 0.717) is 0 Å². The number of hydrogen-bond donors (Lipinski definition) is 11. The molecule has 2 rings (SSSR count). The van der Waals surface area contributed by atoms with Gasteiger partial charge in [0.1, 0.15) is 18.4 Å². The number of nitrogens with zero attached hydrogens (tertiary/aromatic N) is 2. The highest BCUT2D eigenvalue weighted by molar-refractivity contribution is 7.89. The van der Waals surface area contributed by atoms with E-state index in [9.17, 15) is 80.1 Å². The molecule has 13 N–H and O–H groups in total. The molecule has 0 radical (unpaired) electrons.